The normalized spacial score (nSPS) is 10.3. The van der Waals surface area contributed by atoms with Gasteiger partial charge in [0.2, 0.25) is 0 Å². The number of rotatable bonds is 6. The molecule has 0 aliphatic rings. The zero-order valence-corrected chi connectivity index (χ0v) is 13.3. The highest BCUT2D eigenvalue weighted by atomic mass is 35.5. The number of halogens is 1. The Morgan fingerprint density at radius 3 is 2.19 bits per heavy atom. The van der Waals surface area contributed by atoms with Gasteiger partial charge in [-0.05, 0) is 61.4 Å². The summed E-state index contributed by atoms with van der Waals surface area (Å²) in [6, 6.07) is 11.7. The number of benzene rings is 2. The van der Waals surface area contributed by atoms with Crippen molar-refractivity contribution in [2.75, 3.05) is 25.6 Å². The molecule has 0 saturated carbocycles. The summed E-state index contributed by atoms with van der Waals surface area (Å²) in [5.74, 6) is 1.70. The van der Waals surface area contributed by atoms with Crippen LogP contribution in [0.1, 0.15) is 11.1 Å². The van der Waals surface area contributed by atoms with E-state index in [1.165, 1.54) is 0 Å². The fourth-order valence-electron chi connectivity index (χ4n) is 2.06. The molecule has 3 nitrogen and oxygen atoms in total. The van der Waals surface area contributed by atoms with Gasteiger partial charge in [-0.25, -0.2) is 0 Å². The Bertz CT molecular complexity index is 573. The van der Waals surface area contributed by atoms with Crippen molar-refractivity contribution in [1.82, 2.24) is 0 Å². The maximum Gasteiger partial charge on any atom is 0.120 e. The first kappa shape index (κ1) is 15.5. The van der Waals surface area contributed by atoms with Gasteiger partial charge in [0.15, 0.2) is 0 Å². The third kappa shape index (κ3) is 4.30. The van der Waals surface area contributed by atoms with Crippen molar-refractivity contribution in [3.63, 3.8) is 0 Å². The second-order valence-corrected chi connectivity index (χ2v) is 5.25. The van der Waals surface area contributed by atoms with Gasteiger partial charge in [-0.1, -0.05) is 11.6 Å². The molecule has 2 rings (SSSR count). The van der Waals surface area contributed by atoms with E-state index < -0.39 is 0 Å². The van der Waals surface area contributed by atoms with Crippen LogP contribution in [0.3, 0.4) is 0 Å². The summed E-state index contributed by atoms with van der Waals surface area (Å²) in [6.45, 7) is 5.29. The minimum atomic E-state index is 0.590. The van der Waals surface area contributed by atoms with Gasteiger partial charge in [0.25, 0.3) is 0 Å². The number of ether oxygens (including phenoxy) is 2. The SMILES string of the molecule is COc1ccc(NCCOc2cc(C)c(Cl)c(C)c2)cc1. The summed E-state index contributed by atoms with van der Waals surface area (Å²) in [6.07, 6.45) is 0. The van der Waals surface area contributed by atoms with Crippen molar-refractivity contribution >= 4 is 17.3 Å². The molecule has 0 heterocycles. The van der Waals surface area contributed by atoms with Gasteiger partial charge in [-0.3, -0.25) is 0 Å². The van der Waals surface area contributed by atoms with Crippen molar-refractivity contribution < 1.29 is 9.47 Å². The molecular formula is C17H20ClNO2. The molecule has 0 unspecified atom stereocenters. The molecule has 4 heteroatoms. The quantitative estimate of drug-likeness (QED) is 0.799. The van der Waals surface area contributed by atoms with E-state index in [0.29, 0.717) is 6.61 Å². The number of methoxy groups -OCH3 is 1. The van der Waals surface area contributed by atoms with E-state index in [0.717, 1.165) is 39.9 Å². The maximum atomic E-state index is 6.14. The second kappa shape index (κ2) is 7.23. The van der Waals surface area contributed by atoms with Gasteiger partial charge in [-0.15, -0.1) is 0 Å². The number of nitrogens with one attached hydrogen (secondary N) is 1. The zero-order chi connectivity index (χ0) is 15.2. The smallest absolute Gasteiger partial charge is 0.120 e. The Labute approximate surface area is 130 Å². The van der Waals surface area contributed by atoms with Crippen LogP contribution >= 0.6 is 11.6 Å². The average molecular weight is 306 g/mol. The Balaban J connectivity index is 1.81. The van der Waals surface area contributed by atoms with Gasteiger partial charge in [0.05, 0.1) is 7.11 Å². The summed E-state index contributed by atoms with van der Waals surface area (Å²) in [5.41, 5.74) is 3.12. The summed E-state index contributed by atoms with van der Waals surface area (Å²) >= 11 is 6.14. The topological polar surface area (TPSA) is 30.5 Å². The van der Waals surface area contributed by atoms with Gasteiger partial charge >= 0.3 is 0 Å². The van der Waals surface area contributed by atoms with Crippen LogP contribution in [-0.2, 0) is 0 Å². The summed E-state index contributed by atoms with van der Waals surface area (Å²) < 4.78 is 10.9. The number of anilines is 1. The van der Waals surface area contributed by atoms with Crippen LogP contribution < -0.4 is 14.8 Å². The number of hydrogen-bond donors (Lipinski definition) is 1. The highest BCUT2D eigenvalue weighted by Crippen LogP contribution is 2.25. The minimum Gasteiger partial charge on any atom is -0.497 e. The van der Waals surface area contributed by atoms with Gasteiger partial charge in [-0.2, -0.15) is 0 Å². The molecule has 21 heavy (non-hydrogen) atoms. The van der Waals surface area contributed by atoms with Crippen LogP contribution in [0.4, 0.5) is 5.69 Å². The molecule has 0 aromatic heterocycles. The molecule has 0 fully saturated rings. The fraction of sp³-hybridized carbons (Fsp3) is 0.294. The van der Waals surface area contributed by atoms with Gasteiger partial charge in [0.1, 0.15) is 18.1 Å². The largest absolute Gasteiger partial charge is 0.497 e. The van der Waals surface area contributed by atoms with Gasteiger partial charge < -0.3 is 14.8 Å². The summed E-state index contributed by atoms with van der Waals surface area (Å²) in [4.78, 5) is 0. The average Bonchev–Trinajstić information content (AvgIpc) is 2.49. The molecule has 0 aliphatic heterocycles. The number of hydrogen-bond acceptors (Lipinski definition) is 3. The summed E-state index contributed by atoms with van der Waals surface area (Å²) in [5, 5.41) is 4.10. The Hall–Kier alpha value is -1.87. The molecule has 0 radical (unpaired) electrons. The molecule has 0 bridgehead atoms. The van der Waals surface area contributed by atoms with Crippen LogP contribution in [0.25, 0.3) is 0 Å². The van der Waals surface area contributed by atoms with E-state index in [1.807, 2.05) is 50.2 Å². The van der Waals surface area contributed by atoms with Crippen molar-refractivity contribution in [1.29, 1.82) is 0 Å². The van der Waals surface area contributed by atoms with E-state index in [1.54, 1.807) is 7.11 Å². The third-order valence-corrected chi connectivity index (χ3v) is 3.80. The highest BCUT2D eigenvalue weighted by Gasteiger charge is 2.03. The van der Waals surface area contributed by atoms with Crippen LogP contribution in [0.5, 0.6) is 11.5 Å². The van der Waals surface area contributed by atoms with Crippen LogP contribution in [0.2, 0.25) is 5.02 Å². The molecule has 1 N–H and O–H groups in total. The molecule has 2 aromatic carbocycles. The van der Waals surface area contributed by atoms with E-state index in [2.05, 4.69) is 5.32 Å². The standard InChI is InChI=1S/C17H20ClNO2/c1-12-10-16(11-13(2)17(12)18)21-9-8-19-14-4-6-15(20-3)7-5-14/h4-7,10-11,19H,8-9H2,1-3H3. The minimum absolute atomic E-state index is 0.590. The monoisotopic (exact) mass is 305 g/mol. The molecule has 0 saturated heterocycles. The number of aryl methyl sites for hydroxylation is 2. The van der Waals surface area contributed by atoms with Gasteiger partial charge in [0, 0.05) is 17.3 Å². The predicted molar refractivity (Wildman–Crippen MR) is 87.9 cm³/mol. The first-order chi connectivity index (χ1) is 10.1. The molecule has 0 aliphatic carbocycles. The van der Waals surface area contributed by atoms with Crippen LogP contribution in [-0.4, -0.2) is 20.3 Å². The van der Waals surface area contributed by atoms with E-state index >= 15 is 0 Å². The Morgan fingerprint density at radius 1 is 1.00 bits per heavy atom. The van der Waals surface area contributed by atoms with E-state index in [4.69, 9.17) is 21.1 Å². The lowest BCUT2D eigenvalue weighted by atomic mass is 10.1. The van der Waals surface area contributed by atoms with Crippen LogP contribution in [0.15, 0.2) is 36.4 Å². The van der Waals surface area contributed by atoms with Crippen molar-refractivity contribution in [2.24, 2.45) is 0 Å². The summed E-state index contributed by atoms with van der Waals surface area (Å²) in [7, 11) is 1.66. The molecule has 0 atom stereocenters. The van der Waals surface area contributed by atoms with Crippen molar-refractivity contribution in [3.8, 4) is 11.5 Å². The predicted octanol–water partition coefficient (Wildman–Crippen LogP) is 4.46. The first-order valence-electron chi connectivity index (χ1n) is 6.87. The Kier molecular flexibility index (Phi) is 5.34. The van der Waals surface area contributed by atoms with E-state index in [-0.39, 0.29) is 0 Å². The van der Waals surface area contributed by atoms with Crippen LogP contribution in [0, 0.1) is 13.8 Å². The fourth-order valence-corrected chi connectivity index (χ4v) is 2.17. The zero-order valence-electron chi connectivity index (χ0n) is 12.6. The first-order valence-corrected chi connectivity index (χ1v) is 7.25. The second-order valence-electron chi connectivity index (χ2n) is 4.87. The third-order valence-electron chi connectivity index (χ3n) is 3.20. The Morgan fingerprint density at radius 2 is 1.62 bits per heavy atom. The lowest BCUT2D eigenvalue weighted by molar-refractivity contribution is 0.332. The lowest BCUT2D eigenvalue weighted by Gasteiger charge is -2.11. The van der Waals surface area contributed by atoms with Crippen molar-refractivity contribution in [2.45, 2.75) is 13.8 Å². The molecular weight excluding hydrogens is 286 g/mol. The molecule has 0 spiro atoms. The van der Waals surface area contributed by atoms with Crippen molar-refractivity contribution in [3.05, 3.63) is 52.5 Å². The molecule has 0 amide bonds. The molecule has 2 aromatic rings. The molecule has 112 valence electrons. The van der Waals surface area contributed by atoms with E-state index in [9.17, 15) is 0 Å². The highest BCUT2D eigenvalue weighted by molar-refractivity contribution is 6.32. The maximum absolute atomic E-state index is 6.14. The lowest BCUT2D eigenvalue weighted by Crippen LogP contribution is -2.11.